The van der Waals surface area contributed by atoms with Gasteiger partial charge in [0.15, 0.2) is 0 Å². The number of anilines is 1. The number of nitrogens with zero attached hydrogens (tertiary/aromatic N) is 2. The van der Waals surface area contributed by atoms with Crippen LogP contribution in [0.25, 0.3) is 10.9 Å². The number of carbonyl (C=O) groups is 1. The normalized spacial score (nSPS) is 16.3. The largest absolute Gasteiger partial charge is 0.478 e. The van der Waals surface area contributed by atoms with Gasteiger partial charge in [-0.1, -0.05) is 18.2 Å². The van der Waals surface area contributed by atoms with Crippen molar-refractivity contribution in [3.05, 3.63) is 35.4 Å². The summed E-state index contributed by atoms with van der Waals surface area (Å²) in [5, 5.41) is 10.5. The Hall–Kier alpha value is -2.19. The van der Waals surface area contributed by atoms with Gasteiger partial charge < -0.3 is 10.0 Å². The summed E-state index contributed by atoms with van der Waals surface area (Å²) in [5.74, 6) is -0.538. The number of carboxylic acid groups (broad SMARTS) is 1. The molecule has 0 aliphatic carbocycles. The highest BCUT2D eigenvalue weighted by atomic mass is 32.2. The molecule has 0 amide bonds. The van der Waals surface area contributed by atoms with Gasteiger partial charge in [0, 0.05) is 24.5 Å². The van der Waals surface area contributed by atoms with Crippen molar-refractivity contribution in [3.63, 3.8) is 0 Å². The first-order valence-electron chi connectivity index (χ1n) is 8.11. The highest BCUT2D eigenvalue weighted by molar-refractivity contribution is 7.88. The summed E-state index contributed by atoms with van der Waals surface area (Å²) in [6.07, 6.45) is 2.37. The molecule has 7 nitrogen and oxygen atoms in total. The maximum Gasteiger partial charge on any atom is 0.339 e. The molecule has 134 valence electrons. The Morgan fingerprint density at radius 1 is 1.28 bits per heavy atom. The van der Waals surface area contributed by atoms with E-state index in [0.717, 1.165) is 17.2 Å². The van der Waals surface area contributed by atoms with Crippen LogP contribution < -0.4 is 9.62 Å². The molecular weight excluding hydrogens is 342 g/mol. The van der Waals surface area contributed by atoms with Crippen LogP contribution in [0.2, 0.25) is 0 Å². The number of pyridine rings is 1. The van der Waals surface area contributed by atoms with Crippen LogP contribution in [-0.4, -0.2) is 49.9 Å². The minimum absolute atomic E-state index is 0.124. The van der Waals surface area contributed by atoms with Crippen molar-refractivity contribution in [2.24, 2.45) is 0 Å². The Balaban J connectivity index is 1.94. The summed E-state index contributed by atoms with van der Waals surface area (Å²) in [6, 6.07) is 7.36. The highest BCUT2D eigenvalue weighted by Gasteiger charge is 2.27. The van der Waals surface area contributed by atoms with Gasteiger partial charge in [0.2, 0.25) is 10.0 Å². The summed E-state index contributed by atoms with van der Waals surface area (Å²) in [4.78, 5) is 18.3. The van der Waals surface area contributed by atoms with Crippen LogP contribution in [0, 0.1) is 6.92 Å². The number of rotatable bonds is 4. The molecule has 2 heterocycles. The molecule has 0 unspecified atom stereocenters. The van der Waals surface area contributed by atoms with E-state index in [2.05, 4.69) is 9.71 Å². The highest BCUT2D eigenvalue weighted by Crippen LogP contribution is 2.30. The molecule has 0 bridgehead atoms. The van der Waals surface area contributed by atoms with E-state index >= 15 is 0 Å². The number of aromatic nitrogens is 1. The van der Waals surface area contributed by atoms with Gasteiger partial charge in [-0.2, -0.15) is 0 Å². The van der Waals surface area contributed by atoms with Gasteiger partial charge in [-0.3, -0.25) is 0 Å². The van der Waals surface area contributed by atoms with Gasteiger partial charge in [0.05, 0.1) is 11.8 Å². The molecule has 2 N–H and O–H groups in total. The molecule has 25 heavy (non-hydrogen) atoms. The van der Waals surface area contributed by atoms with Gasteiger partial charge >= 0.3 is 5.97 Å². The third kappa shape index (κ3) is 3.74. The minimum atomic E-state index is -3.24. The van der Waals surface area contributed by atoms with Crippen molar-refractivity contribution >= 4 is 32.7 Å². The van der Waals surface area contributed by atoms with Gasteiger partial charge in [-0.05, 0) is 31.4 Å². The van der Waals surface area contributed by atoms with Crippen molar-refractivity contribution in [2.45, 2.75) is 25.8 Å². The molecule has 1 saturated heterocycles. The van der Waals surface area contributed by atoms with E-state index < -0.39 is 16.0 Å². The van der Waals surface area contributed by atoms with Crippen LogP contribution in [0.5, 0.6) is 0 Å². The number of benzene rings is 1. The molecular formula is C17H21N3O4S. The number of piperidine rings is 1. The summed E-state index contributed by atoms with van der Waals surface area (Å²) in [7, 11) is -3.24. The van der Waals surface area contributed by atoms with E-state index in [-0.39, 0.29) is 11.6 Å². The molecule has 1 aliphatic heterocycles. The Bertz CT molecular complexity index is 919. The fraction of sp³-hybridized carbons (Fsp3) is 0.412. The van der Waals surface area contributed by atoms with Crippen molar-refractivity contribution in [3.8, 4) is 0 Å². The fourth-order valence-electron chi connectivity index (χ4n) is 3.36. The summed E-state index contributed by atoms with van der Waals surface area (Å²) >= 11 is 0. The van der Waals surface area contributed by atoms with Crippen LogP contribution in [0.15, 0.2) is 24.3 Å². The molecule has 0 saturated carbocycles. The van der Waals surface area contributed by atoms with Crippen LogP contribution in [0.1, 0.15) is 28.8 Å². The van der Waals surface area contributed by atoms with E-state index in [4.69, 9.17) is 0 Å². The minimum Gasteiger partial charge on any atom is -0.478 e. The second-order valence-electron chi connectivity index (χ2n) is 6.41. The van der Waals surface area contributed by atoms with Crippen molar-refractivity contribution < 1.29 is 18.3 Å². The third-order valence-corrected chi connectivity index (χ3v) is 5.28. The number of sulfonamides is 1. The second-order valence-corrected chi connectivity index (χ2v) is 8.19. The Labute approximate surface area is 146 Å². The van der Waals surface area contributed by atoms with E-state index in [1.807, 2.05) is 29.2 Å². The SMILES string of the molecule is Cc1c(C(=O)O)c(N2CCC(NS(C)(=O)=O)CC2)nc2ccccc12. The number of aromatic carboxylic acids is 1. The summed E-state index contributed by atoms with van der Waals surface area (Å²) in [6.45, 7) is 2.91. The van der Waals surface area contributed by atoms with Gasteiger partial charge in [-0.15, -0.1) is 0 Å². The van der Waals surface area contributed by atoms with Crippen LogP contribution in [-0.2, 0) is 10.0 Å². The average molecular weight is 363 g/mol. The molecule has 0 spiro atoms. The van der Waals surface area contributed by atoms with Gasteiger partial charge in [0.1, 0.15) is 11.4 Å². The molecule has 8 heteroatoms. The summed E-state index contributed by atoms with van der Waals surface area (Å²) < 4.78 is 25.4. The monoisotopic (exact) mass is 363 g/mol. The standard InChI is InChI=1S/C17H21N3O4S/c1-11-13-5-3-4-6-14(13)18-16(15(11)17(21)22)20-9-7-12(8-10-20)19-25(2,23)24/h3-6,12,19H,7-10H2,1-2H3,(H,21,22). The lowest BCUT2D eigenvalue weighted by molar-refractivity contribution is 0.0696. The predicted octanol–water partition coefficient (Wildman–Crippen LogP) is 1.76. The van der Waals surface area contributed by atoms with Crippen molar-refractivity contribution in [1.82, 2.24) is 9.71 Å². The molecule has 1 fully saturated rings. The first-order valence-corrected chi connectivity index (χ1v) is 10.0. The molecule has 1 aliphatic rings. The molecule has 3 rings (SSSR count). The first kappa shape index (κ1) is 17.6. The summed E-state index contributed by atoms with van der Waals surface area (Å²) in [5.41, 5.74) is 1.68. The van der Waals surface area contributed by atoms with E-state index in [0.29, 0.717) is 37.3 Å². The molecule has 0 radical (unpaired) electrons. The first-order chi connectivity index (χ1) is 11.8. The number of hydrogen-bond acceptors (Lipinski definition) is 5. The second kappa shape index (κ2) is 6.61. The quantitative estimate of drug-likeness (QED) is 0.859. The zero-order chi connectivity index (χ0) is 18.2. The fourth-order valence-corrected chi connectivity index (χ4v) is 4.20. The molecule has 1 aromatic carbocycles. The van der Waals surface area contributed by atoms with E-state index in [1.165, 1.54) is 0 Å². The van der Waals surface area contributed by atoms with Crippen LogP contribution in [0.3, 0.4) is 0 Å². The van der Waals surface area contributed by atoms with E-state index in [1.54, 1.807) is 6.92 Å². The Morgan fingerprint density at radius 3 is 2.52 bits per heavy atom. The van der Waals surface area contributed by atoms with Crippen LogP contribution in [0.4, 0.5) is 5.82 Å². The Morgan fingerprint density at radius 2 is 1.92 bits per heavy atom. The number of para-hydroxylation sites is 1. The lowest BCUT2D eigenvalue weighted by Crippen LogP contribution is -2.45. The number of nitrogens with one attached hydrogen (secondary N) is 1. The van der Waals surface area contributed by atoms with Crippen molar-refractivity contribution in [2.75, 3.05) is 24.2 Å². The van der Waals surface area contributed by atoms with Gasteiger partial charge in [-0.25, -0.2) is 22.9 Å². The smallest absolute Gasteiger partial charge is 0.339 e. The van der Waals surface area contributed by atoms with E-state index in [9.17, 15) is 18.3 Å². The maximum absolute atomic E-state index is 11.8. The zero-order valence-electron chi connectivity index (χ0n) is 14.2. The topological polar surface area (TPSA) is 99.6 Å². The van der Waals surface area contributed by atoms with Crippen LogP contribution >= 0.6 is 0 Å². The number of aryl methyl sites for hydroxylation is 1. The third-order valence-electron chi connectivity index (χ3n) is 4.52. The Kier molecular flexibility index (Phi) is 4.66. The lowest BCUT2D eigenvalue weighted by atomic mass is 10.0. The lowest BCUT2D eigenvalue weighted by Gasteiger charge is -2.34. The predicted molar refractivity (Wildman–Crippen MR) is 96.7 cm³/mol. The molecule has 2 aromatic rings. The zero-order valence-corrected chi connectivity index (χ0v) is 15.0. The molecule has 1 aromatic heterocycles. The number of fused-ring (bicyclic) bond motifs is 1. The number of carboxylic acids is 1. The maximum atomic E-state index is 11.8. The van der Waals surface area contributed by atoms with Crippen molar-refractivity contribution in [1.29, 1.82) is 0 Å². The average Bonchev–Trinajstić information content (AvgIpc) is 2.53. The van der Waals surface area contributed by atoms with Gasteiger partial charge in [0.25, 0.3) is 0 Å². The number of hydrogen-bond donors (Lipinski definition) is 2. The molecule has 0 atom stereocenters.